The van der Waals surface area contributed by atoms with Crippen molar-refractivity contribution in [2.24, 2.45) is 0 Å². The Morgan fingerprint density at radius 2 is 1.76 bits per heavy atom. The van der Waals surface area contributed by atoms with Crippen LogP contribution in [0.3, 0.4) is 0 Å². The average Bonchev–Trinajstić information content (AvgIpc) is 3.02. The summed E-state index contributed by atoms with van der Waals surface area (Å²) < 4.78 is 5.26. The van der Waals surface area contributed by atoms with Gasteiger partial charge in [0.05, 0.1) is 19.1 Å². The highest BCUT2D eigenvalue weighted by atomic mass is 16.5. The fourth-order valence-electron chi connectivity index (χ4n) is 2.56. The summed E-state index contributed by atoms with van der Waals surface area (Å²) >= 11 is 0. The largest absolute Gasteiger partial charge is 0.379 e. The van der Waals surface area contributed by atoms with E-state index in [1.54, 1.807) is 0 Å². The molecule has 0 unspecified atom stereocenters. The van der Waals surface area contributed by atoms with Crippen molar-refractivity contribution >= 4 is 5.91 Å². The third-order valence-corrected chi connectivity index (χ3v) is 3.72. The van der Waals surface area contributed by atoms with E-state index < -0.39 is 0 Å². The SMILES string of the molecule is O=C(Cc1ccc(-c2ccccc2)cc1)N[C@@H]1CCOC1. The van der Waals surface area contributed by atoms with Gasteiger partial charge in [0.2, 0.25) is 5.91 Å². The molecule has 0 spiro atoms. The van der Waals surface area contributed by atoms with Gasteiger partial charge >= 0.3 is 0 Å². The van der Waals surface area contributed by atoms with E-state index in [0.29, 0.717) is 13.0 Å². The molecule has 0 saturated carbocycles. The van der Waals surface area contributed by atoms with Gasteiger partial charge in [0.25, 0.3) is 0 Å². The summed E-state index contributed by atoms with van der Waals surface area (Å²) in [6.45, 7) is 1.38. The summed E-state index contributed by atoms with van der Waals surface area (Å²) in [7, 11) is 0. The van der Waals surface area contributed by atoms with Crippen LogP contribution in [0.1, 0.15) is 12.0 Å². The molecular formula is C18H19NO2. The van der Waals surface area contributed by atoms with Crippen LogP contribution >= 0.6 is 0 Å². The third-order valence-electron chi connectivity index (χ3n) is 3.72. The molecule has 1 aliphatic rings. The Bertz CT molecular complexity index is 586. The van der Waals surface area contributed by atoms with Crippen molar-refractivity contribution in [2.75, 3.05) is 13.2 Å². The maximum absolute atomic E-state index is 12.0. The standard InChI is InChI=1S/C18H19NO2/c20-18(19-17-10-11-21-13-17)12-14-6-8-16(9-7-14)15-4-2-1-3-5-15/h1-9,17H,10-13H2,(H,19,20)/t17-/m1/s1. The molecule has 1 saturated heterocycles. The maximum atomic E-state index is 12.0. The van der Waals surface area contributed by atoms with Gasteiger partial charge in [0.15, 0.2) is 0 Å². The molecule has 3 heteroatoms. The van der Waals surface area contributed by atoms with E-state index in [0.717, 1.165) is 18.6 Å². The van der Waals surface area contributed by atoms with Crippen molar-refractivity contribution in [1.29, 1.82) is 0 Å². The normalized spacial score (nSPS) is 17.6. The van der Waals surface area contributed by atoms with Crippen LogP contribution in [0, 0.1) is 0 Å². The smallest absolute Gasteiger partial charge is 0.224 e. The molecule has 1 amide bonds. The Kier molecular flexibility index (Phi) is 4.31. The van der Waals surface area contributed by atoms with Crippen molar-refractivity contribution in [3.8, 4) is 11.1 Å². The fourth-order valence-corrected chi connectivity index (χ4v) is 2.56. The van der Waals surface area contributed by atoms with Gasteiger partial charge < -0.3 is 10.1 Å². The molecule has 1 atom stereocenters. The second-order valence-corrected chi connectivity index (χ2v) is 5.37. The van der Waals surface area contributed by atoms with E-state index in [1.165, 1.54) is 11.1 Å². The number of carbonyl (C=O) groups is 1. The van der Waals surface area contributed by atoms with Gasteiger partial charge in [0, 0.05) is 6.61 Å². The van der Waals surface area contributed by atoms with Crippen molar-refractivity contribution in [2.45, 2.75) is 18.9 Å². The minimum absolute atomic E-state index is 0.0676. The highest BCUT2D eigenvalue weighted by Crippen LogP contribution is 2.19. The molecule has 1 fully saturated rings. The van der Waals surface area contributed by atoms with E-state index >= 15 is 0 Å². The van der Waals surface area contributed by atoms with Crippen LogP contribution < -0.4 is 5.32 Å². The van der Waals surface area contributed by atoms with Gasteiger partial charge in [-0.1, -0.05) is 54.6 Å². The fraction of sp³-hybridized carbons (Fsp3) is 0.278. The van der Waals surface area contributed by atoms with Crippen LogP contribution in [-0.2, 0) is 16.0 Å². The highest BCUT2D eigenvalue weighted by Gasteiger charge is 2.17. The van der Waals surface area contributed by atoms with Gasteiger partial charge in [0.1, 0.15) is 0 Å². The molecule has 2 aromatic rings. The van der Waals surface area contributed by atoms with Crippen molar-refractivity contribution in [3.05, 3.63) is 60.2 Å². The van der Waals surface area contributed by atoms with Crippen LogP contribution in [0.2, 0.25) is 0 Å². The molecule has 1 aliphatic heterocycles. The lowest BCUT2D eigenvalue weighted by molar-refractivity contribution is -0.121. The lowest BCUT2D eigenvalue weighted by Crippen LogP contribution is -2.35. The summed E-state index contributed by atoms with van der Waals surface area (Å²) in [6, 6.07) is 18.6. The first-order valence-electron chi connectivity index (χ1n) is 7.33. The van der Waals surface area contributed by atoms with Gasteiger partial charge in [-0.25, -0.2) is 0 Å². The molecule has 108 valence electrons. The average molecular weight is 281 g/mol. The van der Waals surface area contributed by atoms with E-state index in [1.807, 2.05) is 30.3 Å². The Morgan fingerprint density at radius 3 is 2.43 bits per heavy atom. The van der Waals surface area contributed by atoms with Crippen molar-refractivity contribution in [3.63, 3.8) is 0 Å². The molecule has 1 N–H and O–H groups in total. The van der Waals surface area contributed by atoms with Crippen LogP contribution in [0.5, 0.6) is 0 Å². The molecule has 1 heterocycles. The zero-order chi connectivity index (χ0) is 14.5. The Labute approximate surface area is 124 Å². The number of rotatable bonds is 4. The number of hydrogen-bond donors (Lipinski definition) is 1. The van der Waals surface area contributed by atoms with Crippen molar-refractivity contribution in [1.82, 2.24) is 5.32 Å². The number of benzene rings is 2. The summed E-state index contributed by atoms with van der Waals surface area (Å²) in [5.74, 6) is 0.0676. The van der Waals surface area contributed by atoms with Gasteiger partial charge in [-0.2, -0.15) is 0 Å². The molecule has 0 radical (unpaired) electrons. The third kappa shape index (κ3) is 3.70. The second kappa shape index (κ2) is 6.55. The first-order valence-corrected chi connectivity index (χ1v) is 7.33. The minimum Gasteiger partial charge on any atom is -0.379 e. The Balaban J connectivity index is 1.60. The summed E-state index contributed by atoms with van der Waals surface area (Å²) in [5.41, 5.74) is 3.40. The van der Waals surface area contributed by atoms with Crippen LogP contribution in [-0.4, -0.2) is 25.2 Å². The minimum atomic E-state index is 0.0676. The molecule has 0 aromatic heterocycles. The van der Waals surface area contributed by atoms with Crippen molar-refractivity contribution < 1.29 is 9.53 Å². The van der Waals surface area contributed by atoms with E-state index in [4.69, 9.17) is 4.74 Å². The monoisotopic (exact) mass is 281 g/mol. The zero-order valence-electron chi connectivity index (χ0n) is 11.9. The highest BCUT2D eigenvalue weighted by molar-refractivity contribution is 5.79. The first-order chi connectivity index (χ1) is 10.3. The van der Waals surface area contributed by atoms with E-state index in [2.05, 4.69) is 29.6 Å². The molecule has 3 rings (SSSR count). The quantitative estimate of drug-likeness (QED) is 0.936. The van der Waals surface area contributed by atoms with E-state index in [-0.39, 0.29) is 11.9 Å². The Morgan fingerprint density at radius 1 is 1.05 bits per heavy atom. The zero-order valence-corrected chi connectivity index (χ0v) is 11.9. The number of amides is 1. The molecule has 21 heavy (non-hydrogen) atoms. The van der Waals surface area contributed by atoms with Gasteiger partial charge in [-0.15, -0.1) is 0 Å². The predicted octanol–water partition coefficient (Wildman–Crippen LogP) is 2.80. The number of carbonyl (C=O) groups excluding carboxylic acids is 1. The predicted molar refractivity (Wildman–Crippen MR) is 82.9 cm³/mol. The summed E-state index contributed by atoms with van der Waals surface area (Å²) in [5, 5.41) is 3.01. The van der Waals surface area contributed by atoms with E-state index in [9.17, 15) is 4.79 Å². The number of nitrogens with one attached hydrogen (secondary N) is 1. The lowest BCUT2D eigenvalue weighted by atomic mass is 10.0. The molecular weight excluding hydrogens is 262 g/mol. The molecule has 2 aromatic carbocycles. The summed E-state index contributed by atoms with van der Waals surface area (Å²) in [6.07, 6.45) is 1.34. The van der Waals surface area contributed by atoms with Gasteiger partial charge in [-0.3, -0.25) is 4.79 Å². The number of hydrogen-bond acceptors (Lipinski definition) is 2. The molecule has 0 aliphatic carbocycles. The number of ether oxygens (including phenoxy) is 1. The molecule has 3 nitrogen and oxygen atoms in total. The van der Waals surface area contributed by atoms with Crippen LogP contribution in [0.4, 0.5) is 0 Å². The topological polar surface area (TPSA) is 38.3 Å². The lowest BCUT2D eigenvalue weighted by Gasteiger charge is -2.10. The molecule has 0 bridgehead atoms. The Hall–Kier alpha value is -2.13. The summed E-state index contributed by atoms with van der Waals surface area (Å²) in [4.78, 5) is 12.0. The first kappa shape index (κ1) is 13.8. The van der Waals surface area contributed by atoms with Gasteiger partial charge in [-0.05, 0) is 23.1 Å². The maximum Gasteiger partial charge on any atom is 0.224 e. The second-order valence-electron chi connectivity index (χ2n) is 5.37. The van der Waals surface area contributed by atoms with Crippen LogP contribution in [0.15, 0.2) is 54.6 Å². The van der Waals surface area contributed by atoms with Crippen LogP contribution in [0.25, 0.3) is 11.1 Å².